The van der Waals surface area contributed by atoms with Gasteiger partial charge in [-0.2, -0.15) is 0 Å². The topological polar surface area (TPSA) is 52.6 Å². The SMILES string of the molecule is CC(C)CN(Cc1cccc(Cl)c1)C(=O)[C@@H]1C[C@@H](O)CN1. The Bertz CT molecular complexity index is 493. The van der Waals surface area contributed by atoms with Crippen LogP contribution in [0.15, 0.2) is 24.3 Å². The molecule has 1 aromatic carbocycles. The average molecular weight is 311 g/mol. The minimum Gasteiger partial charge on any atom is -0.392 e. The number of halogens is 1. The average Bonchev–Trinajstić information content (AvgIpc) is 2.83. The number of hydrogen-bond donors (Lipinski definition) is 2. The van der Waals surface area contributed by atoms with Crippen LogP contribution in [0.4, 0.5) is 0 Å². The van der Waals surface area contributed by atoms with Crippen molar-refractivity contribution in [3.05, 3.63) is 34.9 Å². The molecule has 0 saturated carbocycles. The van der Waals surface area contributed by atoms with E-state index in [1.54, 1.807) is 0 Å². The molecule has 0 aliphatic carbocycles. The van der Waals surface area contributed by atoms with E-state index in [9.17, 15) is 9.90 Å². The fourth-order valence-corrected chi connectivity index (χ4v) is 2.87. The molecule has 4 nitrogen and oxygen atoms in total. The van der Waals surface area contributed by atoms with Gasteiger partial charge in [-0.15, -0.1) is 0 Å². The smallest absolute Gasteiger partial charge is 0.240 e. The number of carbonyl (C=O) groups is 1. The molecule has 0 radical (unpaired) electrons. The van der Waals surface area contributed by atoms with Gasteiger partial charge < -0.3 is 15.3 Å². The largest absolute Gasteiger partial charge is 0.392 e. The third kappa shape index (κ3) is 4.70. The van der Waals surface area contributed by atoms with Crippen LogP contribution < -0.4 is 5.32 Å². The van der Waals surface area contributed by atoms with Crippen molar-refractivity contribution in [2.75, 3.05) is 13.1 Å². The van der Waals surface area contributed by atoms with E-state index < -0.39 is 6.10 Å². The Hall–Kier alpha value is -1.10. The Morgan fingerprint density at radius 1 is 1.52 bits per heavy atom. The molecule has 0 aromatic heterocycles. The molecular weight excluding hydrogens is 288 g/mol. The monoisotopic (exact) mass is 310 g/mol. The number of aliphatic hydroxyl groups excluding tert-OH is 1. The predicted octanol–water partition coefficient (Wildman–Crippen LogP) is 2.05. The number of aliphatic hydroxyl groups is 1. The fraction of sp³-hybridized carbons (Fsp3) is 0.562. The normalized spacial score (nSPS) is 21.8. The first-order chi connectivity index (χ1) is 9.95. The lowest BCUT2D eigenvalue weighted by Gasteiger charge is -2.27. The number of nitrogens with one attached hydrogen (secondary N) is 1. The lowest BCUT2D eigenvalue weighted by atomic mass is 10.1. The molecule has 2 atom stereocenters. The van der Waals surface area contributed by atoms with Crippen LogP contribution in [0.5, 0.6) is 0 Å². The molecule has 21 heavy (non-hydrogen) atoms. The van der Waals surface area contributed by atoms with Crippen LogP contribution >= 0.6 is 11.6 Å². The second-order valence-electron chi connectivity index (χ2n) is 6.09. The van der Waals surface area contributed by atoms with Gasteiger partial charge in [0.1, 0.15) is 0 Å². The van der Waals surface area contributed by atoms with Crippen molar-refractivity contribution < 1.29 is 9.90 Å². The minimum atomic E-state index is -0.425. The number of benzene rings is 1. The van der Waals surface area contributed by atoms with Gasteiger partial charge in [0, 0.05) is 24.7 Å². The Kier molecular flexibility index (Phi) is 5.62. The molecular formula is C16H23ClN2O2. The molecule has 1 amide bonds. The summed E-state index contributed by atoms with van der Waals surface area (Å²) >= 11 is 6.01. The molecule has 5 heteroatoms. The first kappa shape index (κ1) is 16.3. The Morgan fingerprint density at radius 2 is 2.29 bits per heavy atom. The van der Waals surface area contributed by atoms with Crippen LogP contribution in [0, 0.1) is 5.92 Å². The molecule has 1 aliphatic rings. The molecule has 0 unspecified atom stereocenters. The molecule has 0 spiro atoms. The lowest BCUT2D eigenvalue weighted by molar-refractivity contribution is -0.134. The summed E-state index contributed by atoms with van der Waals surface area (Å²) in [5, 5.41) is 13.4. The zero-order valence-electron chi connectivity index (χ0n) is 12.6. The number of nitrogens with zero attached hydrogens (tertiary/aromatic N) is 1. The Morgan fingerprint density at radius 3 is 2.86 bits per heavy atom. The lowest BCUT2D eigenvalue weighted by Crippen LogP contribution is -2.44. The second-order valence-corrected chi connectivity index (χ2v) is 6.53. The van der Waals surface area contributed by atoms with Gasteiger partial charge in [0.25, 0.3) is 0 Å². The number of β-amino-alcohol motifs (C(OH)–C–C–N with tert-alkyl or cyclic N) is 1. The van der Waals surface area contributed by atoms with Crippen LogP contribution in [0.3, 0.4) is 0 Å². The van der Waals surface area contributed by atoms with Crippen LogP contribution in [-0.4, -0.2) is 41.1 Å². The summed E-state index contributed by atoms with van der Waals surface area (Å²) in [4.78, 5) is 14.5. The number of hydrogen-bond acceptors (Lipinski definition) is 3. The van der Waals surface area contributed by atoms with Crippen molar-refractivity contribution >= 4 is 17.5 Å². The van der Waals surface area contributed by atoms with Crippen LogP contribution in [-0.2, 0) is 11.3 Å². The van der Waals surface area contributed by atoms with Gasteiger partial charge in [-0.05, 0) is 30.0 Å². The van der Waals surface area contributed by atoms with Gasteiger partial charge in [-0.25, -0.2) is 0 Å². The maximum Gasteiger partial charge on any atom is 0.240 e. The minimum absolute atomic E-state index is 0.0558. The van der Waals surface area contributed by atoms with Crippen LogP contribution in [0.25, 0.3) is 0 Å². The summed E-state index contributed by atoms with van der Waals surface area (Å²) in [7, 11) is 0. The summed E-state index contributed by atoms with van der Waals surface area (Å²) in [6.45, 7) is 5.92. The van der Waals surface area contributed by atoms with E-state index in [0.717, 1.165) is 5.56 Å². The summed E-state index contributed by atoms with van der Waals surface area (Å²) in [6, 6.07) is 7.31. The maximum atomic E-state index is 12.6. The Balaban J connectivity index is 2.08. The van der Waals surface area contributed by atoms with Gasteiger partial charge in [0.15, 0.2) is 0 Å². The molecule has 1 aliphatic heterocycles. The van der Waals surface area contributed by atoms with Gasteiger partial charge in [0.05, 0.1) is 12.1 Å². The molecule has 2 rings (SSSR count). The first-order valence-electron chi connectivity index (χ1n) is 7.40. The number of carbonyl (C=O) groups excluding carboxylic acids is 1. The van der Waals surface area contributed by atoms with Crippen molar-refractivity contribution in [1.29, 1.82) is 0 Å². The van der Waals surface area contributed by atoms with Gasteiger partial charge in [-0.3, -0.25) is 4.79 Å². The summed E-state index contributed by atoms with van der Waals surface area (Å²) < 4.78 is 0. The highest BCUT2D eigenvalue weighted by Crippen LogP contribution is 2.16. The van der Waals surface area contributed by atoms with E-state index in [4.69, 9.17) is 11.6 Å². The van der Waals surface area contributed by atoms with Gasteiger partial charge >= 0.3 is 0 Å². The Labute approximate surface area is 131 Å². The van der Waals surface area contributed by atoms with E-state index in [0.29, 0.717) is 37.0 Å². The molecule has 1 heterocycles. The van der Waals surface area contributed by atoms with Crippen LogP contribution in [0.1, 0.15) is 25.8 Å². The van der Waals surface area contributed by atoms with Gasteiger partial charge in [0.2, 0.25) is 5.91 Å². The zero-order valence-corrected chi connectivity index (χ0v) is 13.3. The summed E-state index contributed by atoms with van der Waals surface area (Å²) in [6.07, 6.45) is 0.0641. The summed E-state index contributed by atoms with van der Waals surface area (Å²) in [5.41, 5.74) is 1.02. The molecule has 1 saturated heterocycles. The van der Waals surface area contributed by atoms with Crippen molar-refractivity contribution in [3.63, 3.8) is 0 Å². The fourth-order valence-electron chi connectivity index (χ4n) is 2.65. The molecule has 0 bridgehead atoms. The van der Waals surface area contributed by atoms with Gasteiger partial charge in [-0.1, -0.05) is 37.6 Å². The third-order valence-corrected chi connectivity index (χ3v) is 3.80. The standard InChI is InChI=1S/C16H23ClN2O2/c1-11(2)9-19(10-12-4-3-5-13(17)6-12)16(21)15-7-14(20)8-18-15/h3-6,11,14-15,18,20H,7-10H2,1-2H3/t14-,15+/m1/s1. The van der Waals surface area contributed by atoms with Crippen molar-refractivity contribution in [1.82, 2.24) is 10.2 Å². The highest BCUT2D eigenvalue weighted by Gasteiger charge is 2.31. The van der Waals surface area contributed by atoms with E-state index >= 15 is 0 Å². The quantitative estimate of drug-likeness (QED) is 0.875. The third-order valence-electron chi connectivity index (χ3n) is 3.57. The van der Waals surface area contributed by atoms with E-state index in [1.165, 1.54) is 0 Å². The highest BCUT2D eigenvalue weighted by molar-refractivity contribution is 6.30. The molecule has 2 N–H and O–H groups in total. The van der Waals surface area contributed by atoms with Crippen LogP contribution in [0.2, 0.25) is 5.02 Å². The highest BCUT2D eigenvalue weighted by atomic mass is 35.5. The molecule has 1 aromatic rings. The van der Waals surface area contributed by atoms with E-state index in [1.807, 2.05) is 29.2 Å². The number of rotatable bonds is 5. The number of amides is 1. The maximum absolute atomic E-state index is 12.6. The molecule has 116 valence electrons. The molecule has 1 fully saturated rings. The van der Waals surface area contributed by atoms with Crippen molar-refractivity contribution in [2.24, 2.45) is 5.92 Å². The summed E-state index contributed by atoms with van der Waals surface area (Å²) in [5.74, 6) is 0.444. The first-order valence-corrected chi connectivity index (χ1v) is 7.78. The zero-order chi connectivity index (χ0) is 15.4. The van der Waals surface area contributed by atoms with Crippen molar-refractivity contribution in [3.8, 4) is 0 Å². The van der Waals surface area contributed by atoms with Crippen molar-refractivity contribution in [2.45, 2.75) is 39.0 Å². The van der Waals surface area contributed by atoms with E-state index in [2.05, 4.69) is 19.2 Å². The van der Waals surface area contributed by atoms with E-state index in [-0.39, 0.29) is 11.9 Å². The second kappa shape index (κ2) is 7.25. The predicted molar refractivity (Wildman–Crippen MR) is 84.1 cm³/mol.